The Bertz CT molecular complexity index is 1710. The Labute approximate surface area is 232 Å². The fourth-order valence-corrected chi connectivity index (χ4v) is 5.83. The molecule has 3 heterocycles. The molecule has 2 aromatic carbocycles. The van der Waals surface area contributed by atoms with Crippen LogP contribution in [0.25, 0.3) is 17.1 Å². The van der Waals surface area contributed by atoms with Crippen molar-refractivity contribution in [3.63, 3.8) is 0 Å². The van der Waals surface area contributed by atoms with E-state index in [1.165, 1.54) is 34.1 Å². The Morgan fingerprint density at radius 2 is 1.88 bits per heavy atom. The Hall–Kier alpha value is -4.22. The van der Waals surface area contributed by atoms with Crippen LogP contribution >= 0.6 is 0 Å². The number of methoxy groups -OCH3 is 1. The third-order valence-electron chi connectivity index (χ3n) is 7.19. The molecule has 2 aromatic heterocycles. The van der Waals surface area contributed by atoms with Gasteiger partial charge in [0.1, 0.15) is 17.9 Å². The van der Waals surface area contributed by atoms with Crippen molar-refractivity contribution in [3.8, 4) is 28.7 Å². The van der Waals surface area contributed by atoms with E-state index in [0.29, 0.717) is 43.4 Å². The molecule has 10 nitrogen and oxygen atoms in total. The van der Waals surface area contributed by atoms with E-state index >= 15 is 0 Å². The van der Waals surface area contributed by atoms with Crippen molar-refractivity contribution in [2.45, 2.75) is 33.4 Å². The number of aromatic carboxylic acids is 1. The highest BCUT2D eigenvalue weighted by atomic mass is 32.2. The Morgan fingerprint density at radius 1 is 1.10 bits per heavy atom. The molecule has 0 saturated carbocycles. The predicted octanol–water partition coefficient (Wildman–Crippen LogP) is 4.15. The summed E-state index contributed by atoms with van der Waals surface area (Å²) in [5, 5.41) is 13.6. The van der Waals surface area contributed by atoms with Gasteiger partial charge in [0.05, 0.1) is 25.3 Å². The number of aromatic nitrogens is 3. The minimum atomic E-state index is -3.24. The summed E-state index contributed by atoms with van der Waals surface area (Å²) in [7, 11) is -1.85. The molecule has 0 spiro atoms. The van der Waals surface area contributed by atoms with Gasteiger partial charge >= 0.3 is 5.97 Å². The van der Waals surface area contributed by atoms with Gasteiger partial charge in [0.15, 0.2) is 5.82 Å². The lowest BCUT2D eigenvalue weighted by atomic mass is 9.93. The summed E-state index contributed by atoms with van der Waals surface area (Å²) in [6.07, 6.45) is 3.14. The van der Waals surface area contributed by atoms with Crippen molar-refractivity contribution in [2.24, 2.45) is 0 Å². The first-order chi connectivity index (χ1) is 19.1. The van der Waals surface area contributed by atoms with Crippen LogP contribution in [0.3, 0.4) is 0 Å². The first kappa shape index (κ1) is 27.4. The van der Waals surface area contributed by atoms with E-state index in [0.717, 1.165) is 27.8 Å². The van der Waals surface area contributed by atoms with Gasteiger partial charge in [0.2, 0.25) is 15.9 Å². The number of aryl methyl sites for hydroxylation is 1. The molecule has 1 N–H and O–H groups in total. The van der Waals surface area contributed by atoms with Gasteiger partial charge in [-0.15, -0.1) is 0 Å². The molecular weight excluding hydrogens is 532 g/mol. The summed E-state index contributed by atoms with van der Waals surface area (Å²) in [4.78, 5) is 16.3. The van der Waals surface area contributed by atoms with Crippen molar-refractivity contribution < 1.29 is 27.8 Å². The van der Waals surface area contributed by atoms with Gasteiger partial charge in [-0.1, -0.05) is 30.3 Å². The van der Waals surface area contributed by atoms with Crippen LogP contribution < -0.4 is 9.47 Å². The highest BCUT2D eigenvalue weighted by Crippen LogP contribution is 2.34. The third-order valence-corrected chi connectivity index (χ3v) is 8.44. The molecule has 0 atom stereocenters. The third kappa shape index (κ3) is 5.17. The van der Waals surface area contributed by atoms with Gasteiger partial charge in [0.25, 0.3) is 0 Å². The van der Waals surface area contributed by atoms with Crippen LogP contribution in [0.1, 0.15) is 38.2 Å². The number of rotatable bonds is 8. The first-order valence-electron chi connectivity index (χ1n) is 12.7. The maximum atomic E-state index is 12.0. The number of pyridine rings is 1. The summed E-state index contributed by atoms with van der Waals surface area (Å²) in [6, 6.07) is 15.2. The zero-order valence-electron chi connectivity index (χ0n) is 22.7. The van der Waals surface area contributed by atoms with Gasteiger partial charge in [-0.2, -0.15) is 14.1 Å². The number of hydrogen-bond acceptors (Lipinski definition) is 7. The average Bonchev–Trinajstić information content (AvgIpc) is 3.37. The molecule has 0 fully saturated rings. The topological polar surface area (TPSA) is 124 Å². The number of para-hydroxylation sites is 1. The zero-order chi connectivity index (χ0) is 28.6. The second kappa shape index (κ2) is 10.7. The Kier molecular flexibility index (Phi) is 7.35. The van der Waals surface area contributed by atoms with Gasteiger partial charge in [-0.05, 0) is 66.3 Å². The molecule has 40 heavy (non-hydrogen) atoms. The maximum Gasteiger partial charge on any atom is 0.342 e. The van der Waals surface area contributed by atoms with Crippen LogP contribution in [0.4, 0.5) is 0 Å². The highest BCUT2D eigenvalue weighted by Gasteiger charge is 2.25. The van der Waals surface area contributed by atoms with E-state index in [2.05, 4.69) is 12.0 Å². The van der Waals surface area contributed by atoms with Crippen LogP contribution in [0.2, 0.25) is 0 Å². The second-order valence-corrected chi connectivity index (χ2v) is 11.7. The van der Waals surface area contributed by atoms with Gasteiger partial charge in [0, 0.05) is 18.7 Å². The summed E-state index contributed by atoms with van der Waals surface area (Å²) in [6.45, 7) is 5.21. The molecule has 0 aliphatic carbocycles. The molecule has 208 valence electrons. The molecule has 11 heteroatoms. The summed E-state index contributed by atoms with van der Waals surface area (Å²) >= 11 is 0. The van der Waals surface area contributed by atoms with Gasteiger partial charge < -0.3 is 14.6 Å². The van der Waals surface area contributed by atoms with Gasteiger partial charge in [-0.3, -0.25) is 0 Å². The van der Waals surface area contributed by atoms with Crippen molar-refractivity contribution in [3.05, 3.63) is 88.1 Å². The normalized spacial score (nSPS) is 13.6. The van der Waals surface area contributed by atoms with Crippen molar-refractivity contribution >= 4 is 16.0 Å². The molecule has 0 bridgehead atoms. The van der Waals surface area contributed by atoms with Crippen LogP contribution in [0.15, 0.2) is 54.7 Å². The van der Waals surface area contributed by atoms with E-state index in [1.807, 2.05) is 49.4 Å². The van der Waals surface area contributed by atoms with E-state index < -0.39 is 16.0 Å². The lowest BCUT2D eigenvalue weighted by Crippen LogP contribution is -2.35. The average molecular weight is 563 g/mol. The standard InChI is InChI=1S/C29H30N4O6S/c1-18-7-5-8-23(25-9-6-10-26(31-25)33-28(38-3)24(15-30-33)29(34)35)27(18)39-17-21-12-11-20-16-32(40(4,36)37)14-13-22(20)19(21)2/h5-12,15H,13-14,16-17H2,1-4H3,(H,34,35). The lowest BCUT2D eigenvalue weighted by molar-refractivity contribution is 0.0693. The van der Waals surface area contributed by atoms with Gasteiger partial charge in [-0.25, -0.2) is 18.2 Å². The smallest absolute Gasteiger partial charge is 0.342 e. The number of nitrogens with zero attached hydrogens (tertiary/aromatic N) is 4. The molecule has 1 aliphatic rings. The molecule has 4 aromatic rings. The van der Waals surface area contributed by atoms with Crippen LogP contribution in [-0.2, 0) is 29.6 Å². The van der Waals surface area contributed by atoms with E-state index in [9.17, 15) is 18.3 Å². The quantitative estimate of drug-likeness (QED) is 0.340. The van der Waals surface area contributed by atoms with E-state index in [4.69, 9.17) is 14.5 Å². The molecular formula is C29H30N4O6S. The number of carboxylic acid groups (broad SMARTS) is 1. The Balaban J connectivity index is 1.44. The summed E-state index contributed by atoms with van der Waals surface area (Å²) in [5.74, 6) is 0.0355. The number of sulfonamides is 1. The molecule has 1 aliphatic heterocycles. The Morgan fingerprint density at radius 3 is 2.60 bits per heavy atom. The monoisotopic (exact) mass is 562 g/mol. The SMILES string of the molecule is COc1c(C(=O)O)cnn1-c1cccc(-c2cccc(C)c2OCc2ccc3c(c2C)CCN(S(C)(=O)=O)C3)n1. The fraction of sp³-hybridized carbons (Fsp3) is 0.276. The molecule has 0 amide bonds. The van der Waals surface area contributed by atoms with Crippen molar-refractivity contribution in [1.82, 2.24) is 19.1 Å². The predicted molar refractivity (Wildman–Crippen MR) is 150 cm³/mol. The number of benzene rings is 2. The van der Waals surface area contributed by atoms with Crippen LogP contribution in [0, 0.1) is 13.8 Å². The number of carbonyl (C=O) groups is 1. The fourth-order valence-electron chi connectivity index (χ4n) is 5.03. The second-order valence-electron chi connectivity index (χ2n) is 9.74. The lowest BCUT2D eigenvalue weighted by Gasteiger charge is -2.28. The molecule has 0 unspecified atom stereocenters. The first-order valence-corrected chi connectivity index (χ1v) is 14.5. The number of ether oxygens (including phenoxy) is 2. The largest absolute Gasteiger partial charge is 0.488 e. The summed E-state index contributed by atoms with van der Waals surface area (Å²) in [5.41, 5.74) is 6.64. The highest BCUT2D eigenvalue weighted by molar-refractivity contribution is 7.88. The van der Waals surface area contributed by atoms with Crippen LogP contribution in [-0.4, -0.2) is 58.5 Å². The van der Waals surface area contributed by atoms with E-state index in [1.54, 1.807) is 6.07 Å². The number of hydrogen-bond donors (Lipinski definition) is 1. The molecule has 0 radical (unpaired) electrons. The number of fused-ring (bicyclic) bond motifs is 1. The minimum absolute atomic E-state index is 0.0567. The maximum absolute atomic E-state index is 12.0. The van der Waals surface area contributed by atoms with E-state index in [-0.39, 0.29) is 11.4 Å². The molecule has 0 saturated heterocycles. The number of carboxylic acids is 1. The van der Waals surface area contributed by atoms with Crippen LogP contribution in [0.5, 0.6) is 11.6 Å². The van der Waals surface area contributed by atoms with Crippen molar-refractivity contribution in [1.29, 1.82) is 0 Å². The van der Waals surface area contributed by atoms with Crippen molar-refractivity contribution in [2.75, 3.05) is 19.9 Å². The summed E-state index contributed by atoms with van der Waals surface area (Å²) < 4.78 is 38.6. The molecule has 5 rings (SSSR count). The minimum Gasteiger partial charge on any atom is -0.488 e. The zero-order valence-corrected chi connectivity index (χ0v) is 23.5.